The maximum Gasteiger partial charge on any atom is 0.202 e. The Morgan fingerprint density at radius 2 is 1.94 bits per heavy atom. The zero-order chi connectivity index (χ0) is 13.3. The molecule has 3 atom stereocenters. The highest BCUT2D eigenvalue weighted by Crippen LogP contribution is 2.31. The van der Waals surface area contributed by atoms with Gasteiger partial charge in [-0.3, -0.25) is 0 Å². The van der Waals surface area contributed by atoms with Gasteiger partial charge in [0.1, 0.15) is 5.82 Å². The summed E-state index contributed by atoms with van der Waals surface area (Å²) in [6.45, 7) is 11.2. The van der Waals surface area contributed by atoms with E-state index in [0.717, 1.165) is 22.8 Å². The molecular weight excluding hydrogens is 242 g/mol. The van der Waals surface area contributed by atoms with E-state index in [1.54, 1.807) is 0 Å². The van der Waals surface area contributed by atoms with Gasteiger partial charge in [0.15, 0.2) is 0 Å². The van der Waals surface area contributed by atoms with Crippen LogP contribution in [-0.4, -0.2) is 15.4 Å². The van der Waals surface area contributed by atoms with Crippen molar-refractivity contribution in [2.75, 3.05) is 5.32 Å². The van der Waals surface area contributed by atoms with E-state index in [0.29, 0.717) is 6.04 Å². The molecule has 1 aromatic heterocycles. The quantitative estimate of drug-likeness (QED) is 0.877. The molecule has 0 bridgehead atoms. The number of nitrogens with zero attached hydrogens (tertiary/aromatic N) is 2. The van der Waals surface area contributed by atoms with Gasteiger partial charge in [0.05, 0.1) is 0 Å². The van der Waals surface area contributed by atoms with Crippen molar-refractivity contribution in [3.05, 3.63) is 5.82 Å². The third-order valence-corrected chi connectivity index (χ3v) is 4.48. The van der Waals surface area contributed by atoms with Gasteiger partial charge in [-0.25, -0.2) is 4.98 Å². The van der Waals surface area contributed by atoms with Crippen molar-refractivity contribution >= 4 is 16.7 Å². The highest BCUT2D eigenvalue weighted by Gasteiger charge is 2.26. The lowest BCUT2D eigenvalue weighted by Gasteiger charge is -2.32. The summed E-state index contributed by atoms with van der Waals surface area (Å²) in [5.74, 6) is 2.56. The van der Waals surface area contributed by atoms with Crippen LogP contribution < -0.4 is 5.32 Å². The van der Waals surface area contributed by atoms with Gasteiger partial charge in [0.2, 0.25) is 5.13 Å². The van der Waals surface area contributed by atoms with E-state index in [2.05, 4.69) is 49.3 Å². The molecule has 102 valence electrons. The van der Waals surface area contributed by atoms with Crippen molar-refractivity contribution in [3.63, 3.8) is 0 Å². The van der Waals surface area contributed by atoms with Crippen molar-refractivity contribution in [2.24, 2.45) is 11.8 Å². The predicted octanol–water partition coefficient (Wildman–Crippen LogP) is 4.07. The Balaban J connectivity index is 1.99. The smallest absolute Gasteiger partial charge is 0.202 e. The van der Waals surface area contributed by atoms with Crippen LogP contribution in [0, 0.1) is 11.8 Å². The van der Waals surface area contributed by atoms with E-state index in [9.17, 15) is 0 Å². The Bertz CT molecular complexity index is 394. The number of rotatable bonds is 2. The van der Waals surface area contributed by atoms with Crippen molar-refractivity contribution in [2.45, 2.75) is 65.3 Å². The van der Waals surface area contributed by atoms with Gasteiger partial charge in [0, 0.05) is 23.0 Å². The Kier molecular flexibility index (Phi) is 3.95. The highest BCUT2D eigenvalue weighted by molar-refractivity contribution is 7.09. The SMILES string of the molecule is CC1CCC(Nc2nc(C(C)(C)C)ns2)C(C)C1. The lowest BCUT2D eigenvalue weighted by molar-refractivity contribution is 0.276. The van der Waals surface area contributed by atoms with Crippen molar-refractivity contribution in [1.29, 1.82) is 0 Å². The first-order valence-corrected chi connectivity index (χ1v) is 7.74. The van der Waals surface area contributed by atoms with Crippen LogP contribution >= 0.6 is 11.5 Å². The van der Waals surface area contributed by atoms with Crippen LogP contribution in [0.15, 0.2) is 0 Å². The third-order valence-electron chi connectivity index (χ3n) is 3.84. The Morgan fingerprint density at radius 3 is 2.50 bits per heavy atom. The van der Waals surface area contributed by atoms with Crippen molar-refractivity contribution in [1.82, 2.24) is 9.36 Å². The molecule has 0 amide bonds. The number of hydrogen-bond acceptors (Lipinski definition) is 4. The van der Waals surface area contributed by atoms with Crippen LogP contribution in [0.5, 0.6) is 0 Å². The third kappa shape index (κ3) is 3.22. The molecule has 1 aliphatic rings. The molecule has 1 heterocycles. The molecule has 1 fully saturated rings. The molecule has 0 radical (unpaired) electrons. The Hall–Kier alpha value is -0.640. The topological polar surface area (TPSA) is 37.8 Å². The molecule has 1 aliphatic carbocycles. The molecule has 1 N–H and O–H groups in total. The van der Waals surface area contributed by atoms with Crippen LogP contribution in [0.4, 0.5) is 5.13 Å². The summed E-state index contributed by atoms with van der Waals surface area (Å²) in [6.07, 6.45) is 3.91. The first kappa shape index (κ1) is 13.8. The van der Waals surface area contributed by atoms with E-state index in [-0.39, 0.29) is 5.41 Å². The second-order valence-electron chi connectivity index (χ2n) is 6.82. The Morgan fingerprint density at radius 1 is 1.22 bits per heavy atom. The monoisotopic (exact) mass is 267 g/mol. The minimum Gasteiger partial charge on any atom is -0.357 e. The lowest BCUT2D eigenvalue weighted by Crippen LogP contribution is -2.33. The van der Waals surface area contributed by atoms with Gasteiger partial charge in [0.25, 0.3) is 0 Å². The van der Waals surface area contributed by atoms with Gasteiger partial charge in [-0.1, -0.05) is 34.6 Å². The van der Waals surface area contributed by atoms with E-state index >= 15 is 0 Å². The first-order chi connectivity index (χ1) is 8.36. The normalized spacial score (nSPS) is 29.3. The molecular formula is C14H25N3S. The van der Waals surface area contributed by atoms with Crippen molar-refractivity contribution < 1.29 is 0 Å². The number of hydrogen-bond donors (Lipinski definition) is 1. The van der Waals surface area contributed by atoms with Crippen LogP contribution in [0.25, 0.3) is 0 Å². The predicted molar refractivity (Wildman–Crippen MR) is 78.2 cm³/mol. The molecule has 0 aromatic carbocycles. The van der Waals surface area contributed by atoms with Crippen LogP contribution in [0.1, 0.15) is 59.7 Å². The summed E-state index contributed by atoms with van der Waals surface area (Å²) >= 11 is 1.50. The fourth-order valence-corrected chi connectivity index (χ4v) is 3.44. The largest absolute Gasteiger partial charge is 0.357 e. The molecule has 1 aromatic rings. The summed E-state index contributed by atoms with van der Waals surface area (Å²) in [5.41, 5.74) is 0.0448. The summed E-state index contributed by atoms with van der Waals surface area (Å²) in [5, 5.41) is 4.58. The van der Waals surface area contributed by atoms with Crippen LogP contribution in [0.3, 0.4) is 0 Å². The molecule has 4 heteroatoms. The number of anilines is 1. The van der Waals surface area contributed by atoms with E-state index in [1.165, 1.54) is 30.8 Å². The van der Waals surface area contributed by atoms with Crippen LogP contribution in [0.2, 0.25) is 0 Å². The zero-order valence-corrected chi connectivity index (χ0v) is 13.0. The lowest BCUT2D eigenvalue weighted by atomic mass is 9.80. The second-order valence-corrected chi connectivity index (χ2v) is 7.57. The van der Waals surface area contributed by atoms with Crippen LogP contribution in [-0.2, 0) is 5.41 Å². The zero-order valence-electron chi connectivity index (χ0n) is 12.2. The van der Waals surface area contributed by atoms with Crippen molar-refractivity contribution in [3.8, 4) is 0 Å². The van der Waals surface area contributed by atoms with E-state index in [1.807, 2.05) is 0 Å². The Labute approximate surface area is 115 Å². The van der Waals surface area contributed by atoms with E-state index < -0.39 is 0 Å². The molecule has 3 unspecified atom stereocenters. The molecule has 0 spiro atoms. The summed E-state index contributed by atoms with van der Waals surface area (Å²) in [7, 11) is 0. The molecule has 0 aliphatic heterocycles. The molecule has 3 nitrogen and oxygen atoms in total. The summed E-state index contributed by atoms with van der Waals surface area (Å²) < 4.78 is 4.46. The van der Waals surface area contributed by atoms with Gasteiger partial charge >= 0.3 is 0 Å². The minimum absolute atomic E-state index is 0.0448. The van der Waals surface area contributed by atoms with E-state index in [4.69, 9.17) is 0 Å². The molecule has 0 saturated heterocycles. The van der Waals surface area contributed by atoms with Gasteiger partial charge in [-0.05, 0) is 31.1 Å². The number of nitrogens with one attached hydrogen (secondary N) is 1. The second kappa shape index (κ2) is 5.16. The molecule has 18 heavy (non-hydrogen) atoms. The molecule has 1 saturated carbocycles. The average Bonchev–Trinajstić information content (AvgIpc) is 2.70. The average molecular weight is 267 g/mol. The first-order valence-electron chi connectivity index (χ1n) is 6.97. The van der Waals surface area contributed by atoms with Gasteiger partial charge in [-0.2, -0.15) is 4.37 Å². The maximum absolute atomic E-state index is 4.63. The standard InChI is InChI=1S/C14H25N3S/c1-9-6-7-11(10(2)8-9)15-13-16-12(17-18-13)14(3,4)5/h9-11H,6-8H2,1-5H3,(H,15,16,17). The summed E-state index contributed by atoms with van der Waals surface area (Å²) in [6, 6.07) is 0.571. The van der Waals surface area contributed by atoms with Gasteiger partial charge < -0.3 is 5.32 Å². The highest BCUT2D eigenvalue weighted by atomic mass is 32.1. The van der Waals surface area contributed by atoms with Gasteiger partial charge in [-0.15, -0.1) is 0 Å². The maximum atomic E-state index is 4.63. The fourth-order valence-electron chi connectivity index (χ4n) is 2.63. The summed E-state index contributed by atoms with van der Waals surface area (Å²) in [4.78, 5) is 4.63. The fraction of sp³-hybridized carbons (Fsp3) is 0.857. The number of aromatic nitrogens is 2. The minimum atomic E-state index is 0.0448. The molecule has 2 rings (SSSR count).